The fourth-order valence-corrected chi connectivity index (χ4v) is 6.75. The average Bonchev–Trinajstić information content (AvgIpc) is 3.17. The lowest BCUT2D eigenvalue weighted by Crippen LogP contribution is -2.41. The summed E-state index contributed by atoms with van der Waals surface area (Å²) >= 11 is 1.40. The number of hydrogen-bond donors (Lipinski definition) is 6. The summed E-state index contributed by atoms with van der Waals surface area (Å²) in [6, 6.07) is 1.87. The number of thiophene rings is 1. The van der Waals surface area contributed by atoms with Crippen molar-refractivity contribution in [3.05, 3.63) is 34.7 Å². The summed E-state index contributed by atoms with van der Waals surface area (Å²) in [4.78, 5) is 37.9. The van der Waals surface area contributed by atoms with Crippen LogP contribution in [0, 0.1) is 0 Å². The minimum Gasteiger partial charge on any atom is -0.387 e. The Morgan fingerprint density at radius 1 is 1.10 bits per heavy atom. The molecule has 0 amide bonds. The van der Waals surface area contributed by atoms with Crippen molar-refractivity contribution in [2.45, 2.75) is 24.5 Å². The van der Waals surface area contributed by atoms with Gasteiger partial charge in [0.2, 0.25) is 0 Å². The van der Waals surface area contributed by atoms with Gasteiger partial charge in [0.25, 0.3) is 0 Å². The Kier molecular flexibility index (Phi) is 7.15. The Balaban J connectivity index is 1.63. The maximum Gasteiger partial charge on any atom is 0.490 e. The number of rotatable bonds is 8. The highest BCUT2D eigenvalue weighted by Crippen LogP contribution is 2.66. The Morgan fingerprint density at radius 3 is 2.42 bits per heavy atom. The van der Waals surface area contributed by atoms with E-state index < -0.39 is 54.6 Å². The molecule has 6 atom stereocenters. The van der Waals surface area contributed by atoms with Gasteiger partial charge in [-0.2, -0.15) is 8.62 Å². The van der Waals surface area contributed by atoms with E-state index in [2.05, 4.69) is 19.7 Å². The van der Waals surface area contributed by atoms with Crippen LogP contribution >= 0.6 is 34.8 Å². The number of aliphatic hydroxyl groups is 2. The standard InChI is InChI=1S/C13H18NO13P3S/c1-7-12-8(3-5-31-12)2-4-14(7)13-11(16)10(15)9(25-13)6-24-29(20,21)27-30(22,23)26-28(17,18)19/h2-5,9-11,13,15-16H,1,6H2,(H,20,21)(H,22,23)(H2,17,18,19)/t9-,10?,11+,13-/m1/s1. The van der Waals surface area contributed by atoms with Crippen molar-refractivity contribution in [1.82, 2.24) is 4.90 Å². The Bertz CT molecular complexity index is 1020. The van der Waals surface area contributed by atoms with Crippen molar-refractivity contribution in [3.63, 3.8) is 0 Å². The monoisotopic (exact) mass is 521 g/mol. The molecule has 3 rings (SSSR count). The molecular weight excluding hydrogens is 503 g/mol. The van der Waals surface area contributed by atoms with E-state index >= 15 is 0 Å². The molecule has 3 heterocycles. The van der Waals surface area contributed by atoms with Gasteiger partial charge in [-0.25, -0.2) is 13.7 Å². The van der Waals surface area contributed by atoms with Crippen molar-refractivity contribution in [2.24, 2.45) is 0 Å². The molecule has 6 N–H and O–H groups in total. The predicted octanol–water partition coefficient (Wildman–Crippen LogP) is 0.795. The summed E-state index contributed by atoms with van der Waals surface area (Å²) < 4.78 is 50.9. The number of nitrogens with zero attached hydrogens (tertiary/aromatic N) is 1. The second-order valence-electron chi connectivity index (χ2n) is 6.31. The van der Waals surface area contributed by atoms with E-state index in [4.69, 9.17) is 19.4 Å². The molecule has 1 aromatic rings. The fourth-order valence-electron chi connectivity index (χ4n) is 2.86. The van der Waals surface area contributed by atoms with Crippen molar-refractivity contribution < 1.29 is 61.4 Å². The van der Waals surface area contributed by atoms with Crippen LogP contribution in [0.15, 0.2) is 24.2 Å². The summed E-state index contributed by atoms with van der Waals surface area (Å²) in [6.07, 6.45) is -2.29. The van der Waals surface area contributed by atoms with E-state index in [1.807, 2.05) is 11.4 Å². The molecule has 31 heavy (non-hydrogen) atoms. The Hall–Kier alpha value is -0.730. The second kappa shape index (κ2) is 8.90. The number of ether oxygens (including phenoxy) is 1. The minimum absolute atomic E-state index is 0.484. The lowest BCUT2D eigenvalue weighted by molar-refractivity contribution is -0.0605. The van der Waals surface area contributed by atoms with Crippen LogP contribution in [-0.4, -0.2) is 65.8 Å². The quantitative estimate of drug-likeness (QED) is 0.261. The zero-order valence-electron chi connectivity index (χ0n) is 15.3. The lowest BCUT2D eigenvalue weighted by Gasteiger charge is -2.32. The first-order valence-corrected chi connectivity index (χ1v) is 13.6. The first-order valence-electron chi connectivity index (χ1n) is 8.22. The number of phosphoric acid groups is 3. The van der Waals surface area contributed by atoms with E-state index in [0.717, 1.165) is 10.4 Å². The van der Waals surface area contributed by atoms with Crippen molar-refractivity contribution >= 4 is 46.6 Å². The van der Waals surface area contributed by atoms with Crippen molar-refractivity contribution in [2.75, 3.05) is 6.61 Å². The van der Waals surface area contributed by atoms with Crippen LogP contribution in [0.5, 0.6) is 0 Å². The Labute approximate surface area is 179 Å². The molecule has 0 aromatic carbocycles. The zero-order valence-corrected chi connectivity index (χ0v) is 18.8. The topological polar surface area (TPSA) is 213 Å². The van der Waals surface area contributed by atoms with Gasteiger partial charge < -0.3 is 39.4 Å². The molecule has 174 valence electrons. The molecular formula is C13H18NO13P3S. The number of phosphoric ester groups is 1. The first-order chi connectivity index (χ1) is 14.2. The molecule has 14 nitrogen and oxygen atoms in total. The molecule has 1 saturated heterocycles. The summed E-state index contributed by atoms with van der Waals surface area (Å²) in [5.41, 5.74) is 1.39. The maximum atomic E-state index is 11.8. The molecule has 0 bridgehead atoms. The SMILES string of the molecule is C=C1c2sccc2C=CN1[C@@H]1O[C@H](COP(=O)(O)OP(=O)(O)OP(=O)(O)O)C(O)[C@@H]1O. The van der Waals surface area contributed by atoms with Crippen LogP contribution in [-0.2, 0) is 31.6 Å². The summed E-state index contributed by atoms with van der Waals surface area (Å²) in [5, 5.41) is 22.4. The molecule has 2 aliphatic heterocycles. The van der Waals surface area contributed by atoms with Crippen LogP contribution in [0.4, 0.5) is 0 Å². The van der Waals surface area contributed by atoms with Crippen LogP contribution in [0.25, 0.3) is 11.8 Å². The van der Waals surface area contributed by atoms with Gasteiger partial charge in [-0.1, -0.05) is 6.58 Å². The Morgan fingerprint density at radius 2 is 1.77 bits per heavy atom. The molecule has 0 aliphatic carbocycles. The first kappa shape index (κ1) is 24.9. The second-order valence-corrected chi connectivity index (χ2v) is 11.6. The number of fused-ring (bicyclic) bond motifs is 1. The van der Waals surface area contributed by atoms with E-state index in [1.165, 1.54) is 16.2 Å². The largest absolute Gasteiger partial charge is 0.490 e. The van der Waals surface area contributed by atoms with Crippen LogP contribution in [0.3, 0.4) is 0 Å². The molecule has 1 aromatic heterocycles. The third-order valence-corrected chi connectivity index (χ3v) is 8.90. The predicted molar refractivity (Wildman–Crippen MR) is 105 cm³/mol. The molecule has 2 aliphatic rings. The van der Waals surface area contributed by atoms with E-state index in [-0.39, 0.29) is 0 Å². The molecule has 0 saturated carbocycles. The molecule has 1 fully saturated rings. The highest BCUT2D eigenvalue weighted by Gasteiger charge is 2.48. The molecule has 0 radical (unpaired) electrons. The van der Waals surface area contributed by atoms with E-state index in [1.54, 1.807) is 12.3 Å². The third kappa shape index (κ3) is 5.99. The molecule has 18 heteroatoms. The fraction of sp³-hybridized carbons (Fsp3) is 0.385. The number of aliphatic hydroxyl groups excluding tert-OH is 2. The third-order valence-electron chi connectivity index (χ3n) is 4.11. The lowest BCUT2D eigenvalue weighted by atomic mass is 10.1. The zero-order chi connectivity index (χ0) is 23.2. The highest BCUT2D eigenvalue weighted by molar-refractivity contribution is 7.66. The van der Waals surface area contributed by atoms with Gasteiger partial charge in [0.15, 0.2) is 6.23 Å². The van der Waals surface area contributed by atoms with E-state index in [0.29, 0.717) is 5.70 Å². The van der Waals surface area contributed by atoms with Gasteiger partial charge in [0, 0.05) is 6.20 Å². The van der Waals surface area contributed by atoms with Crippen LogP contribution < -0.4 is 0 Å². The van der Waals surface area contributed by atoms with Crippen LogP contribution in [0.1, 0.15) is 10.4 Å². The summed E-state index contributed by atoms with van der Waals surface area (Å²) in [7, 11) is -16.6. The maximum absolute atomic E-state index is 11.8. The van der Waals surface area contributed by atoms with Gasteiger partial charge in [-0.05, 0) is 23.1 Å². The van der Waals surface area contributed by atoms with Gasteiger partial charge in [0.05, 0.1) is 17.2 Å². The number of hydrogen-bond acceptors (Lipinski definition) is 11. The van der Waals surface area contributed by atoms with Crippen LogP contribution in [0.2, 0.25) is 0 Å². The summed E-state index contributed by atoms with van der Waals surface area (Å²) in [5.74, 6) is 0. The normalized spacial score (nSPS) is 30.1. The van der Waals surface area contributed by atoms with Gasteiger partial charge in [-0.3, -0.25) is 4.52 Å². The molecule has 3 unspecified atom stereocenters. The average molecular weight is 521 g/mol. The van der Waals surface area contributed by atoms with Gasteiger partial charge >= 0.3 is 23.5 Å². The minimum atomic E-state index is -5.67. The molecule has 0 spiro atoms. The van der Waals surface area contributed by atoms with Gasteiger partial charge in [0.1, 0.15) is 18.3 Å². The summed E-state index contributed by atoms with van der Waals surface area (Å²) in [6.45, 7) is 3.04. The highest BCUT2D eigenvalue weighted by atomic mass is 32.1. The van der Waals surface area contributed by atoms with Gasteiger partial charge in [-0.15, -0.1) is 11.3 Å². The van der Waals surface area contributed by atoms with Crippen molar-refractivity contribution in [3.8, 4) is 0 Å². The van der Waals surface area contributed by atoms with E-state index in [9.17, 15) is 28.8 Å². The smallest absolute Gasteiger partial charge is 0.387 e. The van der Waals surface area contributed by atoms with Crippen molar-refractivity contribution in [1.29, 1.82) is 0 Å².